The van der Waals surface area contributed by atoms with Crippen molar-refractivity contribution in [2.24, 2.45) is 5.84 Å². The molecule has 16 heavy (non-hydrogen) atoms. The molecule has 4 nitrogen and oxygen atoms in total. The Morgan fingerprint density at radius 2 is 2.25 bits per heavy atom. The van der Waals surface area contributed by atoms with E-state index in [9.17, 15) is 0 Å². The summed E-state index contributed by atoms with van der Waals surface area (Å²) in [6.07, 6.45) is 9.69. The third-order valence-electron chi connectivity index (χ3n) is 2.96. The molecule has 1 rings (SSSR count). The summed E-state index contributed by atoms with van der Waals surface area (Å²) in [4.78, 5) is 4.37. The van der Waals surface area contributed by atoms with Crippen LogP contribution in [0.15, 0.2) is 12.4 Å². The molecule has 0 spiro atoms. The first-order chi connectivity index (χ1) is 7.81. The van der Waals surface area contributed by atoms with Gasteiger partial charge in [0.15, 0.2) is 0 Å². The Hall–Kier alpha value is -0.870. The molecule has 0 bridgehead atoms. The summed E-state index contributed by atoms with van der Waals surface area (Å²) in [5.41, 5.74) is 2.90. The van der Waals surface area contributed by atoms with E-state index >= 15 is 0 Å². The van der Waals surface area contributed by atoms with Gasteiger partial charge in [-0.05, 0) is 13.3 Å². The number of hydrogen-bond acceptors (Lipinski definition) is 3. The number of nitrogens with zero attached hydrogens (tertiary/aromatic N) is 2. The topological polar surface area (TPSA) is 55.9 Å². The quantitative estimate of drug-likeness (QED) is 0.402. The molecule has 0 radical (unpaired) electrons. The lowest BCUT2D eigenvalue weighted by Gasteiger charge is -2.15. The molecule has 1 aromatic heterocycles. The number of hydrogen-bond donors (Lipinski definition) is 2. The van der Waals surface area contributed by atoms with Crippen molar-refractivity contribution in [1.82, 2.24) is 15.0 Å². The molecule has 1 aromatic rings. The molecule has 0 aliphatic rings. The first kappa shape index (κ1) is 13.2. The average molecular weight is 224 g/mol. The molecule has 0 aliphatic carbocycles. The second-order valence-electron chi connectivity index (χ2n) is 4.19. The Balaban J connectivity index is 2.43. The van der Waals surface area contributed by atoms with Gasteiger partial charge in [-0.3, -0.25) is 11.3 Å². The molecule has 0 aliphatic heterocycles. The molecular weight excluding hydrogens is 200 g/mol. The number of aromatic nitrogens is 2. The molecule has 0 saturated carbocycles. The van der Waals surface area contributed by atoms with Gasteiger partial charge in [0, 0.05) is 31.4 Å². The van der Waals surface area contributed by atoms with Gasteiger partial charge in [0.1, 0.15) is 5.82 Å². The molecule has 0 saturated heterocycles. The highest BCUT2D eigenvalue weighted by molar-refractivity contribution is 4.95. The predicted octanol–water partition coefficient (Wildman–Crippen LogP) is 1.86. The summed E-state index contributed by atoms with van der Waals surface area (Å²) in [5, 5.41) is 0. The molecule has 0 fully saturated rings. The monoisotopic (exact) mass is 224 g/mol. The fourth-order valence-electron chi connectivity index (χ4n) is 1.92. The van der Waals surface area contributed by atoms with E-state index in [-0.39, 0.29) is 0 Å². The minimum absolute atomic E-state index is 0.347. The van der Waals surface area contributed by atoms with E-state index in [4.69, 9.17) is 5.84 Å². The van der Waals surface area contributed by atoms with Crippen LogP contribution in [0.4, 0.5) is 0 Å². The zero-order chi connectivity index (χ0) is 11.8. The zero-order valence-corrected chi connectivity index (χ0v) is 10.4. The van der Waals surface area contributed by atoms with Gasteiger partial charge < -0.3 is 4.57 Å². The van der Waals surface area contributed by atoms with Crippen LogP contribution in [0.5, 0.6) is 0 Å². The molecular formula is C12H24N4. The molecule has 92 valence electrons. The Bertz CT molecular complexity index is 282. The van der Waals surface area contributed by atoms with Crippen LogP contribution in [0.25, 0.3) is 0 Å². The Morgan fingerprint density at radius 1 is 1.44 bits per heavy atom. The van der Waals surface area contributed by atoms with Crippen LogP contribution >= 0.6 is 0 Å². The molecule has 0 aromatic carbocycles. The van der Waals surface area contributed by atoms with E-state index in [0.717, 1.165) is 25.2 Å². The lowest BCUT2D eigenvalue weighted by molar-refractivity contribution is 0.452. The normalized spacial score (nSPS) is 12.9. The van der Waals surface area contributed by atoms with Gasteiger partial charge in [-0.15, -0.1) is 0 Å². The lowest BCUT2D eigenvalue weighted by Crippen LogP contribution is -2.37. The van der Waals surface area contributed by atoms with Crippen LogP contribution in [0.1, 0.15) is 45.4 Å². The zero-order valence-electron chi connectivity index (χ0n) is 10.4. The summed E-state index contributed by atoms with van der Waals surface area (Å²) in [6.45, 7) is 5.32. The fraction of sp³-hybridized carbons (Fsp3) is 0.750. The Kier molecular flexibility index (Phi) is 6.11. The summed E-state index contributed by atoms with van der Waals surface area (Å²) in [7, 11) is 0. The first-order valence-electron chi connectivity index (χ1n) is 6.27. The Morgan fingerprint density at radius 3 is 2.88 bits per heavy atom. The number of aryl methyl sites for hydroxylation is 1. The SMILES string of the molecule is CCCCCC(Cc1nccn1CC)NN. The number of nitrogens with two attached hydrogens (primary N) is 1. The van der Waals surface area contributed by atoms with Crippen molar-refractivity contribution in [2.75, 3.05) is 0 Å². The third-order valence-corrected chi connectivity index (χ3v) is 2.96. The van der Waals surface area contributed by atoms with Gasteiger partial charge in [-0.2, -0.15) is 0 Å². The molecule has 0 amide bonds. The average Bonchev–Trinajstić information content (AvgIpc) is 2.75. The summed E-state index contributed by atoms with van der Waals surface area (Å²) >= 11 is 0. The summed E-state index contributed by atoms with van der Waals surface area (Å²) in [6, 6.07) is 0.347. The van der Waals surface area contributed by atoms with Gasteiger partial charge in [0.05, 0.1) is 0 Å². The molecule has 4 heteroatoms. The van der Waals surface area contributed by atoms with Gasteiger partial charge >= 0.3 is 0 Å². The van der Waals surface area contributed by atoms with E-state index in [2.05, 4.69) is 28.8 Å². The van der Waals surface area contributed by atoms with Crippen LogP contribution < -0.4 is 11.3 Å². The number of unbranched alkanes of at least 4 members (excludes halogenated alkanes) is 2. The minimum Gasteiger partial charge on any atom is -0.335 e. The number of rotatable bonds is 8. The number of imidazole rings is 1. The number of nitrogens with one attached hydrogen (secondary N) is 1. The number of hydrazine groups is 1. The van der Waals surface area contributed by atoms with Crippen molar-refractivity contribution in [3.8, 4) is 0 Å². The van der Waals surface area contributed by atoms with Crippen molar-refractivity contribution in [3.63, 3.8) is 0 Å². The van der Waals surface area contributed by atoms with Crippen LogP contribution in [-0.4, -0.2) is 15.6 Å². The van der Waals surface area contributed by atoms with E-state index in [1.807, 2.05) is 12.4 Å². The lowest BCUT2D eigenvalue weighted by atomic mass is 10.1. The third kappa shape index (κ3) is 3.94. The van der Waals surface area contributed by atoms with E-state index in [1.165, 1.54) is 19.3 Å². The maximum atomic E-state index is 5.58. The van der Waals surface area contributed by atoms with Crippen molar-refractivity contribution in [1.29, 1.82) is 0 Å². The first-order valence-corrected chi connectivity index (χ1v) is 6.27. The van der Waals surface area contributed by atoms with Gasteiger partial charge in [-0.25, -0.2) is 4.98 Å². The molecule has 3 N–H and O–H groups in total. The maximum Gasteiger partial charge on any atom is 0.110 e. The van der Waals surface area contributed by atoms with Crippen LogP contribution in [-0.2, 0) is 13.0 Å². The smallest absolute Gasteiger partial charge is 0.110 e. The molecule has 1 unspecified atom stereocenters. The second-order valence-corrected chi connectivity index (χ2v) is 4.19. The highest BCUT2D eigenvalue weighted by atomic mass is 15.2. The van der Waals surface area contributed by atoms with Crippen molar-refractivity contribution in [2.45, 2.75) is 58.5 Å². The van der Waals surface area contributed by atoms with Gasteiger partial charge in [-0.1, -0.05) is 26.2 Å². The van der Waals surface area contributed by atoms with Crippen LogP contribution in [0.2, 0.25) is 0 Å². The maximum absolute atomic E-state index is 5.58. The molecule has 1 heterocycles. The summed E-state index contributed by atoms with van der Waals surface area (Å²) < 4.78 is 2.17. The fourth-order valence-corrected chi connectivity index (χ4v) is 1.92. The highest BCUT2D eigenvalue weighted by Crippen LogP contribution is 2.08. The van der Waals surface area contributed by atoms with Crippen molar-refractivity contribution < 1.29 is 0 Å². The van der Waals surface area contributed by atoms with Crippen molar-refractivity contribution in [3.05, 3.63) is 18.2 Å². The van der Waals surface area contributed by atoms with Gasteiger partial charge in [0.2, 0.25) is 0 Å². The molecule has 1 atom stereocenters. The van der Waals surface area contributed by atoms with E-state index < -0.39 is 0 Å². The highest BCUT2D eigenvalue weighted by Gasteiger charge is 2.10. The summed E-state index contributed by atoms with van der Waals surface area (Å²) in [5.74, 6) is 6.70. The predicted molar refractivity (Wildman–Crippen MR) is 66.9 cm³/mol. The van der Waals surface area contributed by atoms with E-state index in [1.54, 1.807) is 0 Å². The van der Waals surface area contributed by atoms with E-state index in [0.29, 0.717) is 6.04 Å². The standard InChI is InChI=1S/C12H24N4/c1-3-5-6-7-11(15-13)10-12-14-8-9-16(12)4-2/h8-9,11,15H,3-7,10,13H2,1-2H3. The largest absolute Gasteiger partial charge is 0.335 e. The van der Waals surface area contributed by atoms with Crippen molar-refractivity contribution >= 4 is 0 Å². The Labute approximate surface area is 98.2 Å². The van der Waals surface area contributed by atoms with Crippen LogP contribution in [0, 0.1) is 0 Å². The van der Waals surface area contributed by atoms with Crippen LogP contribution in [0.3, 0.4) is 0 Å². The van der Waals surface area contributed by atoms with Gasteiger partial charge in [0.25, 0.3) is 0 Å². The second kappa shape index (κ2) is 7.41. The minimum atomic E-state index is 0.347.